The van der Waals surface area contributed by atoms with Gasteiger partial charge in [-0.25, -0.2) is 4.98 Å². The van der Waals surface area contributed by atoms with Crippen molar-refractivity contribution < 1.29 is 13.7 Å². The third-order valence-corrected chi connectivity index (χ3v) is 5.37. The third kappa shape index (κ3) is 4.62. The maximum absolute atomic E-state index is 12.1. The number of nitrogens with one attached hydrogen (secondary N) is 1. The summed E-state index contributed by atoms with van der Waals surface area (Å²) in [6.07, 6.45) is 3.38. The molecule has 0 radical (unpaired) electrons. The van der Waals surface area contributed by atoms with Crippen LogP contribution in [0.3, 0.4) is 0 Å². The molecule has 0 atom stereocenters. The Morgan fingerprint density at radius 3 is 2.81 bits per heavy atom. The van der Waals surface area contributed by atoms with Gasteiger partial charge in [0.1, 0.15) is 17.0 Å². The number of carbonyl (C=O) groups is 1. The standard InChI is InChI=1S/C18H21N5O3S/c1-13-8-16(21-26-13)20-17(24)10-23-5-3-22(4-6-23)9-15-12-27-18(19-15)14-2-7-25-11-14/h2,7-8,11-12H,3-6,9-10H2,1H3,(H,20,21,24). The number of piperazine rings is 1. The minimum atomic E-state index is -0.0685. The van der Waals surface area contributed by atoms with Gasteiger partial charge in [-0.2, -0.15) is 0 Å². The molecule has 1 aliphatic rings. The number of amides is 1. The lowest BCUT2D eigenvalue weighted by atomic mass is 10.3. The number of aryl methyl sites for hydroxylation is 1. The Morgan fingerprint density at radius 1 is 1.30 bits per heavy atom. The fraction of sp³-hybridized carbons (Fsp3) is 0.389. The summed E-state index contributed by atoms with van der Waals surface area (Å²) in [5, 5.41) is 9.63. The molecule has 9 heteroatoms. The highest BCUT2D eigenvalue weighted by atomic mass is 32.1. The van der Waals surface area contributed by atoms with Crippen molar-refractivity contribution in [1.82, 2.24) is 19.9 Å². The second-order valence-electron chi connectivity index (χ2n) is 6.58. The van der Waals surface area contributed by atoms with Gasteiger partial charge in [-0.1, -0.05) is 5.16 Å². The van der Waals surface area contributed by atoms with Gasteiger partial charge in [0.2, 0.25) is 5.91 Å². The molecule has 4 rings (SSSR count). The first-order valence-corrected chi connectivity index (χ1v) is 9.68. The van der Waals surface area contributed by atoms with Crippen molar-refractivity contribution in [2.45, 2.75) is 13.5 Å². The molecule has 0 aromatic carbocycles. The molecule has 3 aromatic rings. The SMILES string of the molecule is Cc1cc(NC(=O)CN2CCN(Cc3csc(-c4ccoc4)n3)CC2)no1. The summed E-state index contributed by atoms with van der Waals surface area (Å²) in [6.45, 7) is 6.51. The second-order valence-corrected chi connectivity index (χ2v) is 7.44. The van der Waals surface area contributed by atoms with Crippen molar-refractivity contribution in [3.8, 4) is 10.6 Å². The zero-order valence-electron chi connectivity index (χ0n) is 15.1. The molecule has 1 fully saturated rings. The predicted octanol–water partition coefficient (Wildman–Crippen LogP) is 2.46. The third-order valence-electron chi connectivity index (χ3n) is 4.43. The smallest absolute Gasteiger partial charge is 0.239 e. The van der Waals surface area contributed by atoms with Crippen LogP contribution in [0.5, 0.6) is 0 Å². The summed E-state index contributed by atoms with van der Waals surface area (Å²) in [5.41, 5.74) is 2.09. The van der Waals surface area contributed by atoms with Crippen LogP contribution in [0.1, 0.15) is 11.5 Å². The van der Waals surface area contributed by atoms with E-state index in [0.29, 0.717) is 18.1 Å². The van der Waals surface area contributed by atoms with E-state index in [4.69, 9.17) is 8.94 Å². The van der Waals surface area contributed by atoms with E-state index in [1.165, 1.54) is 0 Å². The first-order valence-electron chi connectivity index (χ1n) is 8.80. The van der Waals surface area contributed by atoms with Crippen LogP contribution in [-0.4, -0.2) is 58.6 Å². The van der Waals surface area contributed by atoms with E-state index < -0.39 is 0 Å². The molecule has 142 valence electrons. The monoisotopic (exact) mass is 387 g/mol. The lowest BCUT2D eigenvalue weighted by Gasteiger charge is -2.33. The Balaban J connectivity index is 1.22. The lowest BCUT2D eigenvalue weighted by Crippen LogP contribution is -2.48. The minimum Gasteiger partial charge on any atom is -0.472 e. The first kappa shape index (κ1) is 17.9. The summed E-state index contributed by atoms with van der Waals surface area (Å²) < 4.78 is 10.1. The maximum atomic E-state index is 12.1. The number of thiazole rings is 1. The number of hydrogen-bond donors (Lipinski definition) is 1. The Hall–Kier alpha value is -2.49. The Kier molecular flexibility index (Phi) is 5.33. The number of carbonyl (C=O) groups excluding carboxylic acids is 1. The van der Waals surface area contributed by atoms with E-state index in [1.807, 2.05) is 6.07 Å². The van der Waals surface area contributed by atoms with Gasteiger partial charge in [-0.3, -0.25) is 14.6 Å². The molecule has 0 spiro atoms. The molecular formula is C18H21N5O3S. The fourth-order valence-electron chi connectivity index (χ4n) is 3.04. The molecule has 0 saturated carbocycles. The van der Waals surface area contributed by atoms with Gasteiger partial charge in [-0.15, -0.1) is 11.3 Å². The van der Waals surface area contributed by atoms with Crippen LogP contribution in [0.15, 0.2) is 39.0 Å². The molecule has 1 aliphatic heterocycles. The molecule has 1 amide bonds. The molecule has 8 nitrogen and oxygen atoms in total. The summed E-state index contributed by atoms with van der Waals surface area (Å²) in [5.74, 6) is 1.07. The van der Waals surface area contributed by atoms with E-state index in [-0.39, 0.29) is 5.91 Å². The normalized spacial score (nSPS) is 15.9. The minimum absolute atomic E-state index is 0.0685. The summed E-state index contributed by atoms with van der Waals surface area (Å²) in [6, 6.07) is 3.63. The van der Waals surface area contributed by atoms with Crippen LogP contribution < -0.4 is 5.32 Å². The van der Waals surface area contributed by atoms with Crippen molar-refractivity contribution >= 4 is 23.1 Å². The molecule has 3 aromatic heterocycles. The van der Waals surface area contributed by atoms with E-state index in [0.717, 1.165) is 49.0 Å². The molecule has 27 heavy (non-hydrogen) atoms. The van der Waals surface area contributed by atoms with Crippen LogP contribution in [-0.2, 0) is 11.3 Å². The van der Waals surface area contributed by atoms with E-state index >= 15 is 0 Å². The number of nitrogens with zero attached hydrogens (tertiary/aromatic N) is 4. The topological polar surface area (TPSA) is 87.6 Å². The Bertz CT molecular complexity index is 881. The van der Waals surface area contributed by atoms with Crippen molar-refractivity contribution in [2.24, 2.45) is 0 Å². The van der Waals surface area contributed by atoms with Gasteiger partial charge in [-0.05, 0) is 13.0 Å². The summed E-state index contributed by atoms with van der Waals surface area (Å²) >= 11 is 1.63. The highest BCUT2D eigenvalue weighted by Gasteiger charge is 2.20. The molecule has 0 bridgehead atoms. The second kappa shape index (κ2) is 8.03. The number of anilines is 1. The van der Waals surface area contributed by atoms with Crippen molar-refractivity contribution in [1.29, 1.82) is 0 Å². The van der Waals surface area contributed by atoms with Gasteiger partial charge in [0, 0.05) is 49.7 Å². The number of furan rings is 1. The number of hydrogen-bond acceptors (Lipinski definition) is 8. The largest absolute Gasteiger partial charge is 0.472 e. The molecule has 4 heterocycles. The van der Waals surface area contributed by atoms with E-state index in [2.05, 4.69) is 30.6 Å². The molecule has 1 saturated heterocycles. The van der Waals surface area contributed by atoms with Gasteiger partial charge in [0.15, 0.2) is 5.82 Å². The van der Waals surface area contributed by atoms with Crippen molar-refractivity contribution in [3.63, 3.8) is 0 Å². The Labute approximate surface area is 160 Å². The average Bonchev–Trinajstić information content (AvgIpc) is 3.39. The van der Waals surface area contributed by atoms with Crippen LogP contribution in [0.25, 0.3) is 10.6 Å². The maximum Gasteiger partial charge on any atom is 0.239 e. The summed E-state index contributed by atoms with van der Waals surface area (Å²) in [4.78, 5) is 21.3. The van der Waals surface area contributed by atoms with Crippen molar-refractivity contribution in [2.75, 3.05) is 38.0 Å². The quantitative estimate of drug-likeness (QED) is 0.695. The average molecular weight is 387 g/mol. The van der Waals surface area contributed by atoms with Gasteiger partial charge in [0.05, 0.1) is 18.5 Å². The number of rotatable bonds is 6. The fourth-order valence-corrected chi connectivity index (χ4v) is 3.84. The highest BCUT2D eigenvalue weighted by molar-refractivity contribution is 7.13. The summed E-state index contributed by atoms with van der Waals surface area (Å²) in [7, 11) is 0. The van der Waals surface area contributed by atoms with Gasteiger partial charge < -0.3 is 14.3 Å². The zero-order valence-corrected chi connectivity index (χ0v) is 15.9. The molecular weight excluding hydrogens is 366 g/mol. The lowest BCUT2D eigenvalue weighted by molar-refractivity contribution is -0.117. The zero-order chi connectivity index (χ0) is 18.6. The van der Waals surface area contributed by atoms with Crippen LogP contribution >= 0.6 is 11.3 Å². The molecule has 1 N–H and O–H groups in total. The highest BCUT2D eigenvalue weighted by Crippen LogP contribution is 2.24. The van der Waals surface area contributed by atoms with Gasteiger partial charge in [0.25, 0.3) is 0 Å². The Morgan fingerprint density at radius 2 is 2.11 bits per heavy atom. The van der Waals surface area contributed by atoms with Gasteiger partial charge >= 0.3 is 0 Å². The number of aromatic nitrogens is 2. The first-order chi connectivity index (χ1) is 13.2. The van der Waals surface area contributed by atoms with E-state index in [1.54, 1.807) is 36.9 Å². The predicted molar refractivity (Wildman–Crippen MR) is 101 cm³/mol. The van der Waals surface area contributed by atoms with E-state index in [9.17, 15) is 4.79 Å². The molecule has 0 aliphatic carbocycles. The molecule has 0 unspecified atom stereocenters. The van der Waals surface area contributed by atoms with Crippen LogP contribution in [0.2, 0.25) is 0 Å². The van der Waals surface area contributed by atoms with Crippen LogP contribution in [0.4, 0.5) is 5.82 Å². The van der Waals surface area contributed by atoms with Crippen molar-refractivity contribution in [3.05, 3.63) is 41.5 Å². The van der Waals surface area contributed by atoms with Crippen LogP contribution in [0, 0.1) is 6.92 Å².